The molecule has 0 aromatic heterocycles. The van der Waals surface area contributed by atoms with Gasteiger partial charge in [-0.1, -0.05) is 13.8 Å². The van der Waals surface area contributed by atoms with Gasteiger partial charge in [-0.3, -0.25) is 4.79 Å². The van der Waals surface area contributed by atoms with Crippen molar-refractivity contribution < 1.29 is 10.6 Å². The average Bonchev–Trinajstić information content (AvgIpc) is 2.40. The van der Waals surface area contributed by atoms with Crippen LogP contribution in [0.25, 0.3) is 0 Å². The third-order valence-corrected chi connectivity index (χ3v) is 1.58. The largest absolute Gasteiger partial charge is 0.344 e. The molecule has 1 aliphatic heterocycles. The van der Waals surface area contributed by atoms with Crippen molar-refractivity contribution in [1.29, 1.82) is 0 Å². The number of hydrogen-bond acceptors (Lipinski definition) is 2. The van der Waals surface area contributed by atoms with E-state index in [1.807, 2.05) is 13.8 Å². The number of rotatable bonds is 0. The predicted molar refractivity (Wildman–Crippen MR) is 50.3 cm³/mol. The van der Waals surface area contributed by atoms with E-state index in [0.717, 1.165) is 0 Å². The van der Waals surface area contributed by atoms with E-state index < -0.39 is 6.17 Å². The Morgan fingerprint density at radius 1 is 1.58 bits per heavy atom. The number of carbonyl (C=O) groups excluding carboxylic acids is 1. The van der Waals surface area contributed by atoms with Crippen molar-refractivity contribution in [3.05, 3.63) is 0 Å². The normalized spacial score (nSPS) is 20.7. The Hall–Kier alpha value is -0.640. The minimum absolute atomic E-state index is 0. The average molecular weight is 180 g/mol. The number of hydrogen-bond donors (Lipinski definition) is 1. The highest BCUT2D eigenvalue weighted by Crippen LogP contribution is 2.11. The first-order chi connectivity index (χ1) is 5.20. The van der Waals surface area contributed by atoms with Crippen molar-refractivity contribution in [3.8, 4) is 0 Å². The monoisotopic (exact) mass is 180 g/mol. The summed E-state index contributed by atoms with van der Waals surface area (Å²) in [6.07, 6.45) is -0.270. The highest BCUT2D eigenvalue weighted by molar-refractivity contribution is 5.73. The van der Waals surface area contributed by atoms with Crippen LogP contribution in [-0.2, 0) is 4.79 Å². The van der Waals surface area contributed by atoms with Gasteiger partial charge in [0.2, 0.25) is 5.91 Å². The molecular formula is C8H21FN2O. The maximum Gasteiger partial charge on any atom is 0.219 e. The van der Waals surface area contributed by atoms with Crippen molar-refractivity contribution in [3.63, 3.8) is 0 Å². The van der Waals surface area contributed by atoms with Gasteiger partial charge in [-0.2, -0.15) is 0 Å². The number of halogens is 1. The van der Waals surface area contributed by atoms with E-state index in [4.69, 9.17) is 0 Å². The lowest BCUT2D eigenvalue weighted by molar-refractivity contribution is -0.127. The molecule has 0 aromatic carbocycles. The molecule has 3 nitrogen and oxygen atoms in total. The second-order valence-corrected chi connectivity index (χ2v) is 2.35. The topological polar surface area (TPSA) is 55.3 Å². The molecule has 1 aliphatic rings. The molecule has 0 unspecified atom stereocenters. The van der Waals surface area contributed by atoms with E-state index in [2.05, 4.69) is 0 Å². The van der Waals surface area contributed by atoms with Crippen LogP contribution in [0.3, 0.4) is 0 Å². The summed E-state index contributed by atoms with van der Waals surface area (Å²) in [7, 11) is 0. The molecule has 0 spiro atoms. The molecule has 0 bridgehead atoms. The van der Waals surface area contributed by atoms with Crippen molar-refractivity contribution in [2.75, 3.05) is 13.1 Å². The van der Waals surface area contributed by atoms with Gasteiger partial charge in [0.1, 0.15) is 6.17 Å². The standard InChI is InChI=1S/C6H10FNO.C2H6.H3N.H2/c1-5(9)8-3-2-6(7)4-8;1-2;;/h6H,2-4H2,1H3;1-2H3;1H3;1H/t6-;;;/m0.../s1. The van der Waals surface area contributed by atoms with E-state index in [1.54, 1.807) is 0 Å². The van der Waals surface area contributed by atoms with Gasteiger partial charge in [-0.25, -0.2) is 4.39 Å². The Bertz CT molecular complexity index is 135. The number of nitrogens with zero attached hydrogens (tertiary/aromatic N) is 1. The Morgan fingerprint density at radius 3 is 2.25 bits per heavy atom. The maximum atomic E-state index is 12.3. The summed E-state index contributed by atoms with van der Waals surface area (Å²) in [5.74, 6) is -0.0184. The number of likely N-dealkylation sites (tertiary alicyclic amines) is 1. The molecule has 1 fully saturated rings. The van der Waals surface area contributed by atoms with Crippen LogP contribution < -0.4 is 6.15 Å². The molecule has 1 heterocycles. The van der Waals surface area contributed by atoms with Crippen molar-refractivity contribution in [1.82, 2.24) is 11.1 Å². The van der Waals surface area contributed by atoms with E-state index in [9.17, 15) is 9.18 Å². The number of carbonyl (C=O) groups is 1. The van der Waals surface area contributed by atoms with Crippen molar-refractivity contribution in [2.45, 2.75) is 33.4 Å². The smallest absolute Gasteiger partial charge is 0.219 e. The summed E-state index contributed by atoms with van der Waals surface area (Å²) >= 11 is 0. The van der Waals surface area contributed by atoms with Gasteiger partial charge in [0, 0.05) is 14.9 Å². The Morgan fingerprint density at radius 2 is 2.08 bits per heavy atom. The molecule has 1 amide bonds. The zero-order valence-corrected chi connectivity index (χ0v) is 8.14. The van der Waals surface area contributed by atoms with Gasteiger partial charge in [-0.05, 0) is 6.42 Å². The van der Waals surface area contributed by atoms with Gasteiger partial charge >= 0.3 is 0 Å². The highest BCUT2D eigenvalue weighted by atomic mass is 19.1. The fourth-order valence-corrected chi connectivity index (χ4v) is 1.00. The number of alkyl halides is 1. The lowest BCUT2D eigenvalue weighted by atomic mass is 10.3. The number of amides is 1. The van der Waals surface area contributed by atoms with Gasteiger partial charge in [0.25, 0.3) is 0 Å². The Balaban J connectivity index is -0.000000234. The molecule has 0 saturated carbocycles. The molecule has 1 atom stereocenters. The minimum Gasteiger partial charge on any atom is -0.344 e. The predicted octanol–water partition coefficient (Wildman–Crippen LogP) is 2.01. The zero-order chi connectivity index (χ0) is 8.85. The summed E-state index contributed by atoms with van der Waals surface area (Å²) < 4.78 is 12.3. The van der Waals surface area contributed by atoms with E-state index in [-0.39, 0.29) is 13.5 Å². The molecule has 3 N–H and O–H groups in total. The molecule has 1 saturated heterocycles. The Kier molecular flexibility index (Phi) is 8.16. The third-order valence-electron chi connectivity index (χ3n) is 1.58. The third kappa shape index (κ3) is 4.28. The van der Waals surface area contributed by atoms with Crippen LogP contribution in [0.4, 0.5) is 4.39 Å². The van der Waals surface area contributed by atoms with Gasteiger partial charge in [0.05, 0.1) is 6.54 Å². The summed E-state index contributed by atoms with van der Waals surface area (Å²) in [5, 5.41) is 0. The zero-order valence-electron chi connectivity index (χ0n) is 8.14. The van der Waals surface area contributed by atoms with Crippen LogP contribution in [0.5, 0.6) is 0 Å². The van der Waals surface area contributed by atoms with Crippen molar-refractivity contribution >= 4 is 5.91 Å². The van der Waals surface area contributed by atoms with Crippen molar-refractivity contribution in [2.24, 2.45) is 0 Å². The molecule has 1 rings (SSSR count). The van der Waals surface area contributed by atoms with Gasteiger partial charge in [0.15, 0.2) is 0 Å². The van der Waals surface area contributed by atoms with Crippen LogP contribution in [0.2, 0.25) is 0 Å². The minimum atomic E-state index is -0.783. The molecular weight excluding hydrogens is 159 g/mol. The van der Waals surface area contributed by atoms with E-state index >= 15 is 0 Å². The van der Waals surface area contributed by atoms with Crippen LogP contribution >= 0.6 is 0 Å². The van der Waals surface area contributed by atoms with Crippen LogP contribution in [0.15, 0.2) is 0 Å². The first-order valence-electron chi connectivity index (χ1n) is 4.09. The molecule has 0 aromatic rings. The molecule has 4 heteroatoms. The van der Waals surface area contributed by atoms with Gasteiger partial charge in [-0.15, -0.1) is 0 Å². The SMILES string of the molecule is CC.CC(=O)N1CC[C@H](F)C1.N.[HH]. The molecule has 0 aliphatic carbocycles. The lowest BCUT2D eigenvalue weighted by Crippen LogP contribution is -2.25. The summed E-state index contributed by atoms with van der Waals surface area (Å²) in [6.45, 7) is 6.36. The molecule has 76 valence electrons. The molecule has 12 heavy (non-hydrogen) atoms. The Labute approximate surface area is 75.0 Å². The lowest BCUT2D eigenvalue weighted by Gasteiger charge is -2.10. The second kappa shape index (κ2) is 7.03. The quantitative estimate of drug-likeness (QED) is 0.620. The first-order valence-corrected chi connectivity index (χ1v) is 4.09. The maximum absolute atomic E-state index is 12.3. The van der Waals surface area contributed by atoms with Gasteiger partial charge < -0.3 is 11.1 Å². The van der Waals surface area contributed by atoms with E-state index in [0.29, 0.717) is 19.5 Å². The summed E-state index contributed by atoms with van der Waals surface area (Å²) in [4.78, 5) is 12.1. The fourth-order valence-electron chi connectivity index (χ4n) is 1.00. The van der Waals surface area contributed by atoms with Crippen LogP contribution in [-0.4, -0.2) is 30.1 Å². The van der Waals surface area contributed by atoms with E-state index in [1.165, 1.54) is 11.8 Å². The van der Waals surface area contributed by atoms with Crippen LogP contribution in [0.1, 0.15) is 28.6 Å². The summed E-state index contributed by atoms with van der Waals surface area (Å²) in [6, 6.07) is 0. The fraction of sp³-hybridized carbons (Fsp3) is 0.875. The first kappa shape index (κ1) is 13.9. The van der Waals surface area contributed by atoms with Crippen LogP contribution in [0, 0.1) is 0 Å². The summed E-state index contributed by atoms with van der Waals surface area (Å²) in [5.41, 5.74) is 0. The second-order valence-electron chi connectivity index (χ2n) is 2.35. The molecule has 0 radical (unpaired) electrons. The highest BCUT2D eigenvalue weighted by Gasteiger charge is 2.22.